The lowest BCUT2D eigenvalue weighted by Gasteiger charge is -2.16. The first-order valence-electron chi connectivity index (χ1n) is 5.85. The first-order chi connectivity index (χ1) is 9.10. The monoisotopic (exact) mass is 448 g/mol. The number of halogens is 4. The standard InChI is InChI=1S/C15H12Br3F/c16-9-12(10-2-1-3-13(17)7-10)6-11-8-14(19)4-5-15(11)18/h1-5,7-8,12H,6,9H2. The van der Waals surface area contributed by atoms with Gasteiger partial charge in [-0.3, -0.25) is 0 Å². The Morgan fingerprint density at radius 3 is 2.53 bits per heavy atom. The highest BCUT2D eigenvalue weighted by Gasteiger charge is 2.13. The van der Waals surface area contributed by atoms with Gasteiger partial charge in [-0.15, -0.1) is 0 Å². The maximum absolute atomic E-state index is 13.3. The first-order valence-corrected chi connectivity index (χ1v) is 8.56. The molecular formula is C15H12Br3F. The molecule has 0 heterocycles. The van der Waals surface area contributed by atoms with Crippen molar-refractivity contribution < 1.29 is 4.39 Å². The van der Waals surface area contributed by atoms with Gasteiger partial charge in [-0.05, 0) is 53.8 Å². The number of rotatable bonds is 4. The Labute approximate surface area is 137 Å². The fourth-order valence-electron chi connectivity index (χ4n) is 1.99. The largest absolute Gasteiger partial charge is 0.207 e. The van der Waals surface area contributed by atoms with Crippen molar-refractivity contribution in [1.29, 1.82) is 0 Å². The average molecular weight is 451 g/mol. The van der Waals surface area contributed by atoms with Crippen molar-refractivity contribution in [2.24, 2.45) is 0 Å². The molecule has 0 radical (unpaired) electrons. The molecule has 0 aliphatic carbocycles. The number of hydrogen-bond donors (Lipinski definition) is 0. The second kappa shape index (κ2) is 7.00. The molecule has 0 nitrogen and oxygen atoms in total. The topological polar surface area (TPSA) is 0 Å². The van der Waals surface area contributed by atoms with Crippen LogP contribution in [0.4, 0.5) is 4.39 Å². The minimum atomic E-state index is -0.194. The molecule has 2 rings (SSSR count). The van der Waals surface area contributed by atoms with Crippen LogP contribution in [0, 0.1) is 5.82 Å². The van der Waals surface area contributed by atoms with Crippen molar-refractivity contribution in [2.75, 3.05) is 5.33 Å². The lowest BCUT2D eigenvalue weighted by Crippen LogP contribution is -2.05. The van der Waals surface area contributed by atoms with Crippen LogP contribution in [-0.2, 0) is 6.42 Å². The van der Waals surface area contributed by atoms with Crippen molar-refractivity contribution in [2.45, 2.75) is 12.3 Å². The van der Waals surface area contributed by atoms with Crippen LogP contribution in [0.3, 0.4) is 0 Å². The Hall–Kier alpha value is -0.190. The zero-order chi connectivity index (χ0) is 13.8. The van der Waals surface area contributed by atoms with Crippen LogP contribution in [0.5, 0.6) is 0 Å². The van der Waals surface area contributed by atoms with Gasteiger partial charge in [0.1, 0.15) is 5.82 Å². The number of hydrogen-bond acceptors (Lipinski definition) is 0. The van der Waals surface area contributed by atoms with Crippen molar-refractivity contribution >= 4 is 47.8 Å². The fraction of sp³-hybridized carbons (Fsp3) is 0.200. The van der Waals surface area contributed by atoms with E-state index in [-0.39, 0.29) is 5.82 Å². The molecule has 2 aromatic carbocycles. The van der Waals surface area contributed by atoms with Crippen LogP contribution in [0.2, 0.25) is 0 Å². The van der Waals surface area contributed by atoms with Gasteiger partial charge in [-0.1, -0.05) is 59.9 Å². The molecule has 0 aliphatic heterocycles. The molecule has 0 fully saturated rings. The molecule has 1 atom stereocenters. The smallest absolute Gasteiger partial charge is 0.123 e. The summed E-state index contributed by atoms with van der Waals surface area (Å²) in [6, 6.07) is 13.1. The summed E-state index contributed by atoms with van der Waals surface area (Å²) in [6.07, 6.45) is 0.792. The minimum Gasteiger partial charge on any atom is -0.207 e. The van der Waals surface area contributed by atoms with Gasteiger partial charge in [0, 0.05) is 14.3 Å². The van der Waals surface area contributed by atoms with Gasteiger partial charge in [0.05, 0.1) is 0 Å². The zero-order valence-electron chi connectivity index (χ0n) is 10.0. The van der Waals surface area contributed by atoms with Crippen LogP contribution in [0.15, 0.2) is 51.4 Å². The SMILES string of the molecule is Fc1ccc(Br)c(CC(CBr)c2cccc(Br)c2)c1. The van der Waals surface area contributed by atoms with Crippen molar-refractivity contribution in [3.63, 3.8) is 0 Å². The van der Waals surface area contributed by atoms with Crippen molar-refractivity contribution in [3.05, 3.63) is 68.4 Å². The normalized spacial score (nSPS) is 12.4. The van der Waals surface area contributed by atoms with E-state index >= 15 is 0 Å². The second-order valence-electron chi connectivity index (χ2n) is 4.35. The Balaban J connectivity index is 2.26. The van der Waals surface area contributed by atoms with Crippen LogP contribution < -0.4 is 0 Å². The van der Waals surface area contributed by atoms with Gasteiger partial charge >= 0.3 is 0 Å². The van der Waals surface area contributed by atoms with Gasteiger partial charge in [0.25, 0.3) is 0 Å². The Morgan fingerprint density at radius 1 is 1.05 bits per heavy atom. The van der Waals surface area contributed by atoms with Crippen LogP contribution in [-0.4, -0.2) is 5.33 Å². The van der Waals surface area contributed by atoms with E-state index in [2.05, 4.69) is 59.9 Å². The maximum Gasteiger partial charge on any atom is 0.123 e. The third-order valence-electron chi connectivity index (χ3n) is 2.98. The molecule has 0 spiro atoms. The minimum absolute atomic E-state index is 0.194. The third-order valence-corrected chi connectivity index (χ3v) is 5.03. The average Bonchev–Trinajstić information content (AvgIpc) is 2.39. The van der Waals surface area contributed by atoms with Gasteiger partial charge in [-0.25, -0.2) is 4.39 Å². The van der Waals surface area contributed by atoms with Crippen LogP contribution in [0.1, 0.15) is 17.0 Å². The van der Waals surface area contributed by atoms with E-state index in [4.69, 9.17) is 0 Å². The van der Waals surface area contributed by atoms with E-state index in [1.807, 2.05) is 12.1 Å². The summed E-state index contributed by atoms with van der Waals surface area (Å²) < 4.78 is 15.3. The zero-order valence-corrected chi connectivity index (χ0v) is 14.8. The fourth-order valence-corrected chi connectivity index (χ4v) is 3.42. The molecule has 2 aromatic rings. The number of benzene rings is 2. The van der Waals surface area contributed by atoms with E-state index in [9.17, 15) is 4.39 Å². The molecule has 1 unspecified atom stereocenters. The lowest BCUT2D eigenvalue weighted by atomic mass is 9.94. The Morgan fingerprint density at radius 2 is 1.84 bits per heavy atom. The van der Waals surface area contributed by atoms with E-state index in [0.29, 0.717) is 5.92 Å². The predicted octanol–water partition coefficient (Wildman–Crippen LogP) is 6.07. The molecule has 0 N–H and O–H groups in total. The summed E-state index contributed by atoms with van der Waals surface area (Å²) >= 11 is 10.5. The molecule has 0 saturated carbocycles. The maximum atomic E-state index is 13.3. The molecule has 0 aliphatic rings. The first kappa shape index (κ1) is 15.2. The van der Waals surface area contributed by atoms with E-state index in [0.717, 1.165) is 26.3 Å². The highest BCUT2D eigenvalue weighted by atomic mass is 79.9. The van der Waals surface area contributed by atoms with E-state index in [1.54, 1.807) is 12.1 Å². The summed E-state index contributed by atoms with van der Waals surface area (Å²) in [4.78, 5) is 0. The summed E-state index contributed by atoms with van der Waals surface area (Å²) in [7, 11) is 0. The van der Waals surface area contributed by atoms with E-state index in [1.165, 1.54) is 11.6 Å². The van der Waals surface area contributed by atoms with Gasteiger partial charge < -0.3 is 0 Å². The summed E-state index contributed by atoms with van der Waals surface area (Å²) in [5, 5.41) is 0.840. The molecule has 0 amide bonds. The third kappa shape index (κ3) is 4.14. The molecule has 4 heteroatoms. The molecule has 0 aromatic heterocycles. The van der Waals surface area contributed by atoms with Crippen LogP contribution >= 0.6 is 47.8 Å². The van der Waals surface area contributed by atoms with Crippen LogP contribution in [0.25, 0.3) is 0 Å². The Kier molecular flexibility index (Phi) is 5.60. The quantitative estimate of drug-likeness (QED) is 0.496. The molecular weight excluding hydrogens is 439 g/mol. The van der Waals surface area contributed by atoms with Gasteiger partial charge in [0.15, 0.2) is 0 Å². The lowest BCUT2D eigenvalue weighted by molar-refractivity contribution is 0.623. The van der Waals surface area contributed by atoms with Crippen molar-refractivity contribution in [3.8, 4) is 0 Å². The molecule has 0 bridgehead atoms. The highest BCUT2D eigenvalue weighted by Crippen LogP contribution is 2.28. The van der Waals surface area contributed by atoms with Gasteiger partial charge in [-0.2, -0.15) is 0 Å². The van der Waals surface area contributed by atoms with E-state index < -0.39 is 0 Å². The summed E-state index contributed by atoms with van der Waals surface area (Å²) in [5.74, 6) is 0.122. The summed E-state index contributed by atoms with van der Waals surface area (Å²) in [5.41, 5.74) is 2.23. The summed E-state index contributed by atoms with van der Waals surface area (Å²) in [6.45, 7) is 0. The molecule has 19 heavy (non-hydrogen) atoms. The molecule has 0 saturated heterocycles. The second-order valence-corrected chi connectivity index (χ2v) is 6.76. The van der Waals surface area contributed by atoms with Crippen molar-refractivity contribution in [1.82, 2.24) is 0 Å². The Bertz CT molecular complexity index is 569. The highest BCUT2D eigenvalue weighted by molar-refractivity contribution is 9.10. The number of alkyl halides is 1. The van der Waals surface area contributed by atoms with Gasteiger partial charge in [0.2, 0.25) is 0 Å². The molecule has 100 valence electrons. The predicted molar refractivity (Wildman–Crippen MR) is 88.5 cm³/mol.